The van der Waals surface area contributed by atoms with E-state index in [1.807, 2.05) is 104 Å². The van der Waals surface area contributed by atoms with Gasteiger partial charge < -0.3 is 20.3 Å². The Bertz CT molecular complexity index is 3120. The number of nitrogens with zero attached hydrogens (tertiary/aromatic N) is 11. The molecule has 0 unspecified atom stereocenters. The summed E-state index contributed by atoms with van der Waals surface area (Å²) >= 11 is 0. The largest absolute Gasteiger partial charge is 0.379 e. The Morgan fingerprint density at radius 2 is 1.29 bits per heavy atom. The Labute approximate surface area is 406 Å². The zero-order chi connectivity index (χ0) is 48.0. The fourth-order valence-electron chi connectivity index (χ4n) is 9.39. The van der Waals surface area contributed by atoms with Crippen molar-refractivity contribution in [3.8, 4) is 22.3 Å². The molecule has 8 heterocycles. The van der Waals surface area contributed by atoms with E-state index in [9.17, 15) is 9.59 Å². The highest BCUT2D eigenvalue weighted by Gasteiger charge is 2.22. The van der Waals surface area contributed by atoms with Crippen molar-refractivity contribution in [3.05, 3.63) is 144 Å². The number of piperidine rings is 1. The summed E-state index contributed by atoms with van der Waals surface area (Å²) in [5.41, 5.74) is 11.2. The van der Waals surface area contributed by atoms with Crippen LogP contribution in [0.1, 0.15) is 62.6 Å². The minimum Gasteiger partial charge on any atom is -0.379 e. The number of H-pyrrole nitrogens is 1. The van der Waals surface area contributed by atoms with E-state index >= 15 is 0 Å². The van der Waals surface area contributed by atoms with Crippen LogP contribution in [0.3, 0.4) is 0 Å². The minimum atomic E-state index is -0.354. The average Bonchev–Trinajstić information content (AvgIpc) is 3.96. The molecule has 0 radical (unpaired) electrons. The van der Waals surface area contributed by atoms with Crippen LogP contribution in [-0.4, -0.2) is 132 Å². The molecule has 70 heavy (non-hydrogen) atoms. The molecule has 2 aromatic carbocycles. The molecule has 0 aliphatic carbocycles. The van der Waals surface area contributed by atoms with Crippen molar-refractivity contribution in [2.45, 2.75) is 52.1 Å². The number of aromatic amines is 1. The zero-order valence-corrected chi connectivity index (χ0v) is 39.9. The van der Waals surface area contributed by atoms with Crippen molar-refractivity contribution in [2.24, 2.45) is 0 Å². The zero-order valence-electron chi connectivity index (χ0n) is 39.9. The second-order valence-corrected chi connectivity index (χ2v) is 18.7. The first kappa shape index (κ1) is 46.4. The number of aromatic nitrogens is 8. The number of fused-ring (bicyclic) bond motifs is 2. The van der Waals surface area contributed by atoms with Crippen molar-refractivity contribution in [1.82, 2.24) is 59.5 Å². The van der Waals surface area contributed by atoms with E-state index in [4.69, 9.17) is 9.84 Å². The van der Waals surface area contributed by atoms with Crippen LogP contribution in [0.25, 0.3) is 44.1 Å². The summed E-state index contributed by atoms with van der Waals surface area (Å²) in [6.07, 6.45) is 16.4. The summed E-state index contributed by atoms with van der Waals surface area (Å²) in [5.74, 6) is -0.685. The van der Waals surface area contributed by atoms with Crippen LogP contribution in [0.2, 0.25) is 0 Å². The van der Waals surface area contributed by atoms with Gasteiger partial charge in [-0.1, -0.05) is 18.6 Å². The van der Waals surface area contributed by atoms with Crippen LogP contribution in [0.5, 0.6) is 0 Å². The standard InChI is InChI=1S/C53H58N14O3/c1-63(2)34-44-10-9-43(30-57-44)58-53(69)51-47-23-40(42-19-36(24-54-28-42)32-65-13-5-4-6-14-65)8-12-49(47)67(62-51)35-64(3)31-38-21-45(29-56-26-38)59-52(68)50-46-22-39(7-11-48(46)60-61-50)41-20-37(25-55-27-41)33-66-15-17-70-18-16-66/h7-12,19-30H,4-6,13-18,31-35H2,1-3H3,(H,58,69)(H,59,68)(H,60,61). The Morgan fingerprint density at radius 1 is 0.629 bits per heavy atom. The number of hydrogen-bond acceptors (Lipinski definition) is 13. The lowest BCUT2D eigenvalue weighted by atomic mass is 10.0. The maximum absolute atomic E-state index is 14.1. The Morgan fingerprint density at radius 3 is 2.00 bits per heavy atom. The number of amides is 2. The Hall–Kier alpha value is -7.28. The van der Waals surface area contributed by atoms with E-state index in [2.05, 4.69) is 73.7 Å². The van der Waals surface area contributed by atoms with E-state index < -0.39 is 0 Å². The van der Waals surface area contributed by atoms with Crippen LogP contribution in [0, 0.1) is 0 Å². The molecular weight excluding hydrogens is 881 g/mol. The molecule has 0 bridgehead atoms. The lowest BCUT2D eigenvalue weighted by molar-refractivity contribution is 0.0341. The topological polar surface area (TPSA) is 178 Å². The molecule has 0 saturated carbocycles. The molecular formula is C53H58N14O3. The Balaban J connectivity index is 0.853. The lowest BCUT2D eigenvalue weighted by Crippen LogP contribution is -2.35. The summed E-state index contributed by atoms with van der Waals surface area (Å²) in [7, 11) is 5.96. The summed E-state index contributed by atoms with van der Waals surface area (Å²) in [6, 6.07) is 22.1. The molecule has 10 rings (SSSR count). The van der Waals surface area contributed by atoms with Crippen LogP contribution < -0.4 is 10.6 Å². The molecule has 0 atom stereocenters. The molecule has 2 aliphatic rings. The first-order valence-electron chi connectivity index (χ1n) is 23.9. The van der Waals surface area contributed by atoms with E-state index in [0.29, 0.717) is 42.2 Å². The fraction of sp³-hybridized carbons (Fsp3) is 0.321. The number of carbonyl (C=O) groups is 2. The third-order valence-corrected chi connectivity index (χ3v) is 12.8. The van der Waals surface area contributed by atoms with Crippen LogP contribution in [0.4, 0.5) is 11.4 Å². The number of carbonyl (C=O) groups excluding carboxylic acids is 2. The maximum atomic E-state index is 14.1. The molecule has 3 N–H and O–H groups in total. The second-order valence-electron chi connectivity index (χ2n) is 18.7. The quantitative estimate of drug-likeness (QED) is 0.0880. The van der Waals surface area contributed by atoms with Gasteiger partial charge in [-0.05, 0) is 129 Å². The van der Waals surface area contributed by atoms with Gasteiger partial charge in [-0.25, -0.2) is 4.68 Å². The van der Waals surface area contributed by atoms with Crippen LogP contribution in [-0.2, 0) is 37.6 Å². The average molecular weight is 939 g/mol. The lowest BCUT2D eigenvalue weighted by Gasteiger charge is -2.26. The third kappa shape index (κ3) is 11.1. The second kappa shape index (κ2) is 21.2. The number of ether oxygens (including phenoxy) is 1. The van der Waals surface area contributed by atoms with Gasteiger partial charge in [0.2, 0.25) is 0 Å². The molecule has 17 nitrogen and oxygen atoms in total. The number of nitrogens with one attached hydrogen (secondary N) is 3. The Kier molecular flexibility index (Phi) is 14.0. The van der Waals surface area contributed by atoms with Gasteiger partial charge >= 0.3 is 0 Å². The minimum absolute atomic E-state index is 0.282. The maximum Gasteiger partial charge on any atom is 0.276 e. The highest BCUT2D eigenvalue weighted by Crippen LogP contribution is 2.30. The summed E-state index contributed by atoms with van der Waals surface area (Å²) in [4.78, 5) is 55.1. The predicted octanol–water partition coefficient (Wildman–Crippen LogP) is 7.30. The van der Waals surface area contributed by atoms with Crippen LogP contribution in [0.15, 0.2) is 110 Å². The van der Waals surface area contributed by atoms with E-state index in [1.165, 1.54) is 19.3 Å². The molecule has 17 heteroatoms. The van der Waals surface area contributed by atoms with Gasteiger partial charge in [0.15, 0.2) is 11.4 Å². The molecule has 2 fully saturated rings. The van der Waals surface area contributed by atoms with Crippen molar-refractivity contribution in [3.63, 3.8) is 0 Å². The number of anilines is 2. The number of hydrogen-bond donors (Lipinski definition) is 3. The summed E-state index contributed by atoms with van der Waals surface area (Å²) < 4.78 is 7.37. The molecule has 2 aliphatic heterocycles. The van der Waals surface area contributed by atoms with Crippen molar-refractivity contribution in [1.29, 1.82) is 0 Å². The highest BCUT2D eigenvalue weighted by atomic mass is 16.5. The monoisotopic (exact) mass is 938 g/mol. The highest BCUT2D eigenvalue weighted by molar-refractivity contribution is 6.12. The van der Waals surface area contributed by atoms with Crippen LogP contribution >= 0.6 is 0 Å². The number of pyridine rings is 4. The first-order valence-corrected chi connectivity index (χ1v) is 23.9. The molecule has 8 aromatic rings. The SMILES string of the molecule is CN(C)Cc1ccc(NC(=O)c2nn(CN(C)Cc3cncc(NC(=O)c4n[nH]c5ccc(-c6cncc(CN7CCOCC7)c6)cc45)c3)c3ccc(-c4cncc(CN5CCCCC5)c4)cc23)cn1. The van der Waals surface area contributed by atoms with Gasteiger partial charge in [-0.2, -0.15) is 10.2 Å². The van der Waals surface area contributed by atoms with E-state index in [1.54, 1.807) is 18.6 Å². The summed E-state index contributed by atoms with van der Waals surface area (Å²) in [5, 5.41) is 19.9. The normalized spacial score (nSPS) is 14.8. The molecule has 0 spiro atoms. The number of morpholine rings is 1. The van der Waals surface area contributed by atoms with Gasteiger partial charge in [0.05, 0.1) is 60.4 Å². The molecule has 2 saturated heterocycles. The van der Waals surface area contributed by atoms with Gasteiger partial charge in [-0.15, -0.1) is 0 Å². The predicted molar refractivity (Wildman–Crippen MR) is 271 cm³/mol. The number of likely N-dealkylation sites (tertiary alicyclic amines) is 1. The number of rotatable bonds is 16. The van der Waals surface area contributed by atoms with E-state index in [-0.39, 0.29) is 17.5 Å². The molecule has 358 valence electrons. The van der Waals surface area contributed by atoms with Gasteiger partial charge in [0.1, 0.15) is 0 Å². The molecule has 6 aromatic heterocycles. The van der Waals surface area contributed by atoms with Crippen molar-refractivity contribution < 1.29 is 14.3 Å². The van der Waals surface area contributed by atoms with Gasteiger partial charge in [0.25, 0.3) is 11.8 Å². The smallest absolute Gasteiger partial charge is 0.276 e. The molecule has 2 amide bonds. The van der Waals surface area contributed by atoms with Gasteiger partial charge in [0, 0.05) is 92.2 Å². The van der Waals surface area contributed by atoms with Crippen molar-refractivity contribution >= 4 is 45.0 Å². The first-order chi connectivity index (χ1) is 34.2. The van der Waals surface area contributed by atoms with Gasteiger partial charge in [-0.3, -0.25) is 49.3 Å². The van der Waals surface area contributed by atoms with Crippen molar-refractivity contribution in [2.75, 3.05) is 71.2 Å². The van der Waals surface area contributed by atoms with E-state index in [0.717, 1.165) is 114 Å². The number of benzene rings is 2. The fourth-order valence-corrected chi connectivity index (χ4v) is 9.39. The summed E-state index contributed by atoms with van der Waals surface area (Å²) in [6.45, 7) is 8.66. The third-order valence-electron chi connectivity index (χ3n) is 12.8.